The fourth-order valence-electron chi connectivity index (χ4n) is 2.89. The van der Waals surface area contributed by atoms with Crippen molar-refractivity contribution in [1.82, 2.24) is 0 Å². The van der Waals surface area contributed by atoms with Crippen LogP contribution in [0.5, 0.6) is 0 Å². The van der Waals surface area contributed by atoms with E-state index in [0.717, 1.165) is 16.7 Å². The number of aliphatic hydroxyl groups is 1. The second-order valence-corrected chi connectivity index (χ2v) is 5.77. The fourth-order valence-corrected chi connectivity index (χ4v) is 2.89. The lowest BCUT2D eigenvalue weighted by atomic mass is 9.73. The Morgan fingerprint density at radius 2 is 1.57 bits per heavy atom. The van der Waals surface area contributed by atoms with E-state index >= 15 is 0 Å². The second kappa shape index (κ2) is 4.97. The van der Waals surface area contributed by atoms with Gasteiger partial charge in [-0.05, 0) is 30.5 Å². The minimum Gasteiger partial charge on any atom is -0.377 e. The number of benzene rings is 2. The molecule has 0 heterocycles. The maximum Gasteiger partial charge on any atom is 0.199 e. The molecular weight excluding hydrogens is 260 g/mol. The number of allylic oxidation sites excluding steroid dienone is 1. The van der Waals surface area contributed by atoms with E-state index < -0.39 is 5.60 Å². The van der Waals surface area contributed by atoms with Crippen LogP contribution >= 0.6 is 0 Å². The van der Waals surface area contributed by atoms with Crippen molar-refractivity contribution in [2.45, 2.75) is 25.9 Å². The summed E-state index contributed by atoms with van der Waals surface area (Å²) >= 11 is 0. The first-order valence-electron chi connectivity index (χ1n) is 7.13. The van der Waals surface area contributed by atoms with Gasteiger partial charge in [0, 0.05) is 12.0 Å². The molecule has 106 valence electrons. The first-order chi connectivity index (χ1) is 10.0. The number of carbonyl (C=O) groups is 1. The van der Waals surface area contributed by atoms with Crippen LogP contribution in [0, 0.1) is 0 Å². The van der Waals surface area contributed by atoms with E-state index in [2.05, 4.69) is 0 Å². The zero-order chi connectivity index (χ0) is 15.0. The average molecular weight is 278 g/mol. The standard InChI is InChI=1S/C19H18O2/c1-13(2)11-12-19(21)17-10-6-5-8-15(17)14-7-3-4-9-16(14)18(19)20/h3-11,21H,12H2,1-2H3. The van der Waals surface area contributed by atoms with Gasteiger partial charge in [0.25, 0.3) is 0 Å². The lowest BCUT2D eigenvalue weighted by Crippen LogP contribution is -2.38. The number of Topliss-reactive ketones (excluding diaryl/α,β-unsaturated/α-hetero) is 1. The fraction of sp³-hybridized carbons (Fsp3) is 0.211. The van der Waals surface area contributed by atoms with Gasteiger partial charge in [-0.1, -0.05) is 60.2 Å². The van der Waals surface area contributed by atoms with Gasteiger partial charge in [0.1, 0.15) is 0 Å². The second-order valence-electron chi connectivity index (χ2n) is 5.77. The van der Waals surface area contributed by atoms with Gasteiger partial charge in [0.15, 0.2) is 11.4 Å². The van der Waals surface area contributed by atoms with Gasteiger partial charge in [-0.15, -0.1) is 0 Å². The SMILES string of the molecule is CC(C)=CCC1(O)C(=O)c2ccccc2-c2ccccc21. The summed E-state index contributed by atoms with van der Waals surface area (Å²) < 4.78 is 0. The molecule has 0 saturated carbocycles. The van der Waals surface area contributed by atoms with E-state index in [1.807, 2.05) is 62.4 Å². The highest BCUT2D eigenvalue weighted by molar-refractivity contribution is 6.11. The highest BCUT2D eigenvalue weighted by Crippen LogP contribution is 2.43. The van der Waals surface area contributed by atoms with Crippen LogP contribution in [0.3, 0.4) is 0 Å². The Hall–Kier alpha value is -2.19. The lowest BCUT2D eigenvalue weighted by molar-refractivity contribution is 0.0307. The van der Waals surface area contributed by atoms with Gasteiger partial charge in [-0.3, -0.25) is 4.79 Å². The van der Waals surface area contributed by atoms with Crippen molar-refractivity contribution in [1.29, 1.82) is 0 Å². The Morgan fingerprint density at radius 3 is 2.24 bits per heavy atom. The van der Waals surface area contributed by atoms with Crippen molar-refractivity contribution in [3.8, 4) is 11.1 Å². The van der Waals surface area contributed by atoms with Crippen molar-refractivity contribution in [2.75, 3.05) is 0 Å². The molecule has 0 amide bonds. The zero-order valence-corrected chi connectivity index (χ0v) is 12.3. The van der Waals surface area contributed by atoms with E-state index in [1.54, 1.807) is 6.07 Å². The first-order valence-corrected chi connectivity index (χ1v) is 7.13. The van der Waals surface area contributed by atoms with Crippen LogP contribution < -0.4 is 0 Å². The molecule has 1 N–H and O–H groups in total. The topological polar surface area (TPSA) is 37.3 Å². The van der Waals surface area contributed by atoms with Gasteiger partial charge in [0.2, 0.25) is 0 Å². The molecule has 1 aliphatic carbocycles. The van der Waals surface area contributed by atoms with E-state index in [4.69, 9.17) is 0 Å². The molecule has 1 atom stereocenters. The van der Waals surface area contributed by atoms with Crippen LogP contribution in [0.2, 0.25) is 0 Å². The molecule has 0 aliphatic heterocycles. The van der Waals surface area contributed by atoms with Crippen molar-refractivity contribution >= 4 is 5.78 Å². The third kappa shape index (κ3) is 2.12. The molecule has 0 radical (unpaired) electrons. The summed E-state index contributed by atoms with van der Waals surface area (Å²) in [5.74, 6) is -0.214. The van der Waals surface area contributed by atoms with Crippen LogP contribution in [0.4, 0.5) is 0 Å². The van der Waals surface area contributed by atoms with Gasteiger partial charge in [-0.25, -0.2) is 0 Å². The molecule has 0 aromatic heterocycles. The Kier molecular flexibility index (Phi) is 3.26. The van der Waals surface area contributed by atoms with Crippen LogP contribution in [-0.4, -0.2) is 10.9 Å². The molecule has 2 aromatic carbocycles. The van der Waals surface area contributed by atoms with Crippen LogP contribution in [0.15, 0.2) is 60.2 Å². The van der Waals surface area contributed by atoms with Crippen LogP contribution in [-0.2, 0) is 5.60 Å². The Morgan fingerprint density at radius 1 is 1.00 bits per heavy atom. The summed E-state index contributed by atoms with van der Waals surface area (Å²) in [5.41, 5.74) is 2.76. The van der Waals surface area contributed by atoms with Crippen LogP contribution in [0.1, 0.15) is 36.2 Å². The summed E-state index contributed by atoms with van der Waals surface area (Å²) in [4.78, 5) is 12.8. The number of hydrogen-bond acceptors (Lipinski definition) is 2. The normalized spacial score (nSPS) is 19.7. The number of fused-ring (bicyclic) bond motifs is 3. The number of carbonyl (C=O) groups excluding carboxylic acids is 1. The van der Waals surface area contributed by atoms with Crippen molar-refractivity contribution in [2.24, 2.45) is 0 Å². The monoisotopic (exact) mass is 278 g/mol. The Balaban J connectivity index is 2.25. The summed E-state index contributed by atoms with van der Waals surface area (Å²) in [6.45, 7) is 3.94. The summed E-state index contributed by atoms with van der Waals surface area (Å²) in [7, 11) is 0. The molecule has 2 heteroatoms. The highest BCUT2D eigenvalue weighted by Gasteiger charge is 2.43. The third-order valence-electron chi connectivity index (χ3n) is 4.02. The Labute approximate surface area is 124 Å². The summed E-state index contributed by atoms with van der Waals surface area (Å²) in [5, 5.41) is 11.1. The summed E-state index contributed by atoms with van der Waals surface area (Å²) in [6.07, 6.45) is 2.22. The van der Waals surface area contributed by atoms with Gasteiger partial charge < -0.3 is 5.11 Å². The lowest BCUT2D eigenvalue weighted by Gasteiger charge is -2.33. The maximum atomic E-state index is 12.8. The highest BCUT2D eigenvalue weighted by atomic mass is 16.3. The van der Waals surface area contributed by atoms with Gasteiger partial charge >= 0.3 is 0 Å². The number of rotatable bonds is 2. The zero-order valence-electron chi connectivity index (χ0n) is 12.3. The predicted octanol–water partition coefficient (Wildman–Crippen LogP) is 4.09. The van der Waals surface area contributed by atoms with E-state index in [0.29, 0.717) is 17.5 Å². The molecule has 1 aliphatic rings. The molecule has 2 nitrogen and oxygen atoms in total. The maximum absolute atomic E-state index is 12.8. The minimum absolute atomic E-state index is 0.214. The molecule has 0 saturated heterocycles. The molecule has 2 aromatic rings. The van der Waals surface area contributed by atoms with Gasteiger partial charge in [0.05, 0.1) is 0 Å². The molecule has 21 heavy (non-hydrogen) atoms. The molecule has 1 unspecified atom stereocenters. The van der Waals surface area contributed by atoms with E-state index in [1.165, 1.54) is 0 Å². The van der Waals surface area contributed by atoms with Gasteiger partial charge in [-0.2, -0.15) is 0 Å². The average Bonchev–Trinajstić information content (AvgIpc) is 2.51. The molecule has 0 fully saturated rings. The molecule has 0 spiro atoms. The number of ketones is 1. The predicted molar refractivity (Wildman–Crippen MR) is 84.2 cm³/mol. The largest absolute Gasteiger partial charge is 0.377 e. The van der Waals surface area contributed by atoms with Crippen molar-refractivity contribution in [3.63, 3.8) is 0 Å². The number of hydrogen-bond donors (Lipinski definition) is 1. The van der Waals surface area contributed by atoms with Crippen molar-refractivity contribution < 1.29 is 9.90 Å². The van der Waals surface area contributed by atoms with Crippen molar-refractivity contribution in [3.05, 3.63) is 71.3 Å². The Bertz CT molecular complexity index is 739. The quantitative estimate of drug-likeness (QED) is 0.840. The summed E-state index contributed by atoms with van der Waals surface area (Å²) in [6, 6.07) is 15.1. The molecular formula is C19H18O2. The first kappa shape index (κ1) is 13.8. The third-order valence-corrected chi connectivity index (χ3v) is 4.02. The smallest absolute Gasteiger partial charge is 0.199 e. The van der Waals surface area contributed by atoms with E-state index in [9.17, 15) is 9.90 Å². The van der Waals surface area contributed by atoms with Crippen LogP contribution in [0.25, 0.3) is 11.1 Å². The minimum atomic E-state index is -1.47. The van der Waals surface area contributed by atoms with E-state index in [-0.39, 0.29) is 5.78 Å². The molecule has 0 bridgehead atoms. The molecule has 3 rings (SSSR count).